The van der Waals surface area contributed by atoms with E-state index in [1.807, 2.05) is 0 Å². The van der Waals surface area contributed by atoms with Crippen LogP contribution in [-0.2, 0) is 10.4 Å². The van der Waals surface area contributed by atoms with Crippen molar-refractivity contribution in [2.45, 2.75) is 0 Å². The third-order valence-electron chi connectivity index (χ3n) is 0. The normalized spacial score (nSPS) is 8.29. The molecule has 0 saturated carbocycles. The molecule has 0 aromatic heterocycles. The van der Waals surface area contributed by atoms with Crippen molar-refractivity contribution in [2.24, 2.45) is 0 Å². The van der Waals surface area contributed by atoms with Gasteiger partial charge in [-0.25, -0.2) is 0 Å². The molecule has 38 valence electrons. The number of hydrogen-bond acceptors (Lipinski definition) is 2. The van der Waals surface area contributed by atoms with Gasteiger partial charge in [-0.2, -0.15) is 8.42 Å². The van der Waals surface area contributed by atoms with Gasteiger partial charge in [0.25, 0.3) is 0 Å². The molecule has 7 heteroatoms. The summed E-state index contributed by atoms with van der Waals surface area (Å²) in [5, 5.41) is 0. The Labute approximate surface area is 87.2 Å². The molecule has 0 aliphatic carbocycles. The fourth-order valence-electron chi connectivity index (χ4n) is 0. The van der Waals surface area contributed by atoms with Crippen molar-refractivity contribution in [1.29, 1.82) is 0 Å². The third-order valence-corrected chi connectivity index (χ3v) is 0. The Bertz CT molecular complexity index is 94.9. The first-order valence-corrected chi connectivity index (χ1v) is 2.10. The van der Waals surface area contributed by atoms with Crippen LogP contribution in [0, 0.1) is 41.7 Å². The van der Waals surface area contributed by atoms with Crippen molar-refractivity contribution in [3.05, 3.63) is 0 Å². The minimum atomic E-state index is -4.67. The first-order chi connectivity index (χ1) is 2.00. The van der Waals surface area contributed by atoms with Gasteiger partial charge in [0.2, 0.25) is 0 Å². The summed E-state index contributed by atoms with van der Waals surface area (Å²) in [4.78, 5) is 0. The predicted octanol–water partition coefficient (Wildman–Crippen LogP) is -1.30. The van der Waals surface area contributed by atoms with Crippen LogP contribution in [0.15, 0.2) is 0 Å². The van der Waals surface area contributed by atoms with Gasteiger partial charge in [0.05, 0.1) is 0 Å². The summed E-state index contributed by atoms with van der Waals surface area (Å²) in [6.45, 7) is 0. The first kappa shape index (κ1) is 15.9. The predicted molar refractivity (Wildman–Crippen MR) is 21.3 cm³/mol. The van der Waals surface area contributed by atoms with Crippen molar-refractivity contribution in [3.63, 3.8) is 0 Å². The topological polar surface area (TPSA) is 74.6 Å². The van der Waals surface area contributed by atoms with E-state index >= 15 is 0 Å². The van der Waals surface area contributed by atoms with Crippen molar-refractivity contribution >= 4 is 29.3 Å². The SMILES string of the molecule is O=S(=O)(O)O.[Ce].[LiH]. The standard InChI is InChI=1S/Ce.Li.H2O4S.H/c;;1-5(2,3)4;/h;;(H2,1,2,3,4);. The van der Waals surface area contributed by atoms with Crippen LogP contribution in [0.2, 0.25) is 0 Å². The van der Waals surface area contributed by atoms with Gasteiger partial charge >= 0.3 is 29.3 Å². The van der Waals surface area contributed by atoms with E-state index in [0.29, 0.717) is 0 Å². The average molecular weight is 246 g/mol. The van der Waals surface area contributed by atoms with Gasteiger partial charge < -0.3 is 0 Å². The quantitative estimate of drug-likeness (QED) is 0.411. The maximum absolute atomic E-state index is 8.74. The van der Waals surface area contributed by atoms with E-state index in [2.05, 4.69) is 0 Å². The van der Waals surface area contributed by atoms with Crippen LogP contribution in [-0.4, -0.2) is 36.4 Å². The second-order valence-corrected chi connectivity index (χ2v) is 1.34. The molecule has 0 heterocycles. The van der Waals surface area contributed by atoms with Crippen molar-refractivity contribution in [3.8, 4) is 0 Å². The Balaban J connectivity index is -0.0000000800. The fourth-order valence-corrected chi connectivity index (χ4v) is 0. The van der Waals surface area contributed by atoms with Gasteiger partial charge in [-0.15, -0.1) is 0 Å². The van der Waals surface area contributed by atoms with Gasteiger partial charge in [-0.05, 0) is 0 Å². The van der Waals surface area contributed by atoms with E-state index in [1.54, 1.807) is 0 Å². The zero-order chi connectivity index (χ0) is 4.50. The van der Waals surface area contributed by atoms with E-state index in [9.17, 15) is 0 Å². The number of rotatable bonds is 0. The Morgan fingerprint density at radius 2 is 1.14 bits per heavy atom. The Morgan fingerprint density at radius 3 is 1.14 bits per heavy atom. The molecule has 0 aliphatic heterocycles. The van der Waals surface area contributed by atoms with Crippen molar-refractivity contribution in [2.75, 3.05) is 0 Å². The van der Waals surface area contributed by atoms with Gasteiger partial charge in [0, 0.05) is 41.7 Å². The average Bonchev–Trinajstić information content (AvgIpc) is 0.722. The molecule has 0 bridgehead atoms. The molecule has 4 nitrogen and oxygen atoms in total. The molecule has 0 unspecified atom stereocenters. The van der Waals surface area contributed by atoms with Crippen LogP contribution in [0.5, 0.6) is 0 Å². The molecule has 7 heavy (non-hydrogen) atoms. The zero-order valence-corrected chi connectivity index (χ0v) is 6.58. The fraction of sp³-hybridized carbons (Fsp3) is 0. The van der Waals surface area contributed by atoms with Gasteiger partial charge in [0.15, 0.2) is 0 Å². The summed E-state index contributed by atoms with van der Waals surface area (Å²) in [6.07, 6.45) is 0. The van der Waals surface area contributed by atoms with E-state index in [-0.39, 0.29) is 60.6 Å². The molecule has 0 spiro atoms. The van der Waals surface area contributed by atoms with E-state index in [4.69, 9.17) is 17.5 Å². The van der Waals surface area contributed by atoms with Crippen molar-refractivity contribution < 1.29 is 59.3 Å². The van der Waals surface area contributed by atoms with Crippen LogP contribution in [0.25, 0.3) is 0 Å². The second-order valence-electron chi connectivity index (χ2n) is 0.448. The van der Waals surface area contributed by atoms with Crippen LogP contribution < -0.4 is 0 Å². The molecule has 0 aliphatic rings. The molecule has 0 rings (SSSR count). The molecule has 0 fully saturated rings. The van der Waals surface area contributed by atoms with Crippen LogP contribution in [0.1, 0.15) is 0 Å². The molecular weight excluding hydrogens is 243 g/mol. The van der Waals surface area contributed by atoms with E-state index < -0.39 is 10.4 Å². The first-order valence-electron chi connectivity index (χ1n) is 0.698. The molecule has 0 atom stereocenters. The summed E-state index contributed by atoms with van der Waals surface area (Å²) >= 11 is 0. The van der Waals surface area contributed by atoms with E-state index in [1.165, 1.54) is 0 Å². The molecule has 0 aromatic carbocycles. The minimum absolute atomic E-state index is 0. The summed E-state index contributed by atoms with van der Waals surface area (Å²) in [5.41, 5.74) is 0. The Kier molecular flexibility index (Phi) is 13.6. The van der Waals surface area contributed by atoms with Crippen LogP contribution in [0.4, 0.5) is 0 Å². The molecule has 0 aromatic rings. The van der Waals surface area contributed by atoms with Gasteiger partial charge in [0.1, 0.15) is 0 Å². The molecule has 0 saturated heterocycles. The summed E-state index contributed by atoms with van der Waals surface area (Å²) in [7, 11) is -4.67. The monoisotopic (exact) mass is 246 g/mol. The van der Waals surface area contributed by atoms with Crippen LogP contribution >= 0.6 is 0 Å². The third kappa shape index (κ3) is 78.8. The second kappa shape index (κ2) is 5.97. The summed E-state index contributed by atoms with van der Waals surface area (Å²) in [5.74, 6) is 0. The van der Waals surface area contributed by atoms with Gasteiger partial charge in [-0.1, -0.05) is 0 Å². The number of hydrogen-bond donors (Lipinski definition) is 2. The summed E-state index contributed by atoms with van der Waals surface area (Å²) < 4.78 is 31.6. The summed E-state index contributed by atoms with van der Waals surface area (Å²) in [6, 6.07) is 0. The Hall–Kier alpha value is 1.84. The van der Waals surface area contributed by atoms with E-state index in [0.717, 1.165) is 0 Å². The molecule has 0 radical (unpaired) electrons. The van der Waals surface area contributed by atoms with Crippen molar-refractivity contribution in [1.82, 2.24) is 0 Å². The molecular formula is H3CeLiO4S. The maximum atomic E-state index is 8.74. The van der Waals surface area contributed by atoms with Gasteiger partial charge in [-0.3, -0.25) is 9.11 Å². The molecule has 2 N–H and O–H groups in total. The van der Waals surface area contributed by atoms with Crippen LogP contribution in [0.3, 0.4) is 0 Å². The zero-order valence-electron chi connectivity index (χ0n) is 2.62. The Morgan fingerprint density at radius 1 is 1.14 bits per heavy atom. The molecule has 0 amide bonds.